The number of hydrogen-bond donors (Lipinski definition) is 1. The summed E-state index contributed by atoms with van der Waals surface area (Å²) in [6, 6.07) is 21.1. The lowest BCUT2D eigenvalue weighted by Crippen LogP contribution is -2.29. The summed E-state index contributed by atoms with van der Waals surface area (Å²) < 4.78 is 7.45. The van der Waals surface area contributed by atoms with E-state index in [0.717, 1.165) is 8.27 Å². The van der Waals surface area contributed by atoms with Crippen LogP contribution in [0.15, 0.2) is 78.4 Å². The minimum atomic E-state index is -0.802. The van der Waals surface area contributed by atoms with Gasteiger partial charge in [0.15, 0.2) is 5.13 Å². The van der Waals surface area contributed by atoms with Crippen molar-refractivity contribution in [2.45, 2.75) is 13.0 Å². The van der Waals surface area contributed by atoms with Gasteiger partial charge in [-0.15, -0.1) is 0 Å². The third-order valence-corrected chi connectivity index (χ3v) is 7.28. The first kappa shape index (κ1) is 22.5. The van der Waals surface area contributed by atoms with E-state index in [4.69, 9.17) is 4.74 Å². The zero-order valence-corrected chi connectivity index (χ0v) is 21.0. The van der Waals surface area contributed by atoms with Gasteiger partial charge >= 0.3 is 5.91 Å². The number of anilines is 1. The highest BCUT2D eigenvalue weighted by atomic mass is 127. The van der Waals surface area contributed by atoms with E-state index >= 15 is 0 Å². The van der Waals surface area contributed by atoms with Crippen molar-refractivity contribution in [2.75, 3.05) is 11.5 Å². The third kappa shape index (κ3) is 3.97. The van der Waals surface area contributed by atoms with Crippen molar-refractivity contribution in [3.05, 3.63) is 93.1 Å². The Bertz CT molecular complexity index is 1430. The molecule has 0 aliphatic carbocycles. The second-order valence-corrected chi connectivity index (χ2v) is 9.90. The Kier molecular flexibility index (Phi) is 6.09. The van der Waals surface area contributed by atoms with E-state index in [1.807, 2.05) is 55.5 Å². The summed E-state index contributed by atoms with van der Waals surface area (Å²) in [4.78, 5) is 32.6. The van der Waals surface area contributed by atoms with E-state index < -0.39 is 17.7 Å². The van der Waals surface area contributed by atoms with Crippen LogP contribution in [-0.2, 0) is 9.59 Å². The zero-order chi connectivity index (χ0) is 23.8. The van der Waals surface area contributed by atoms with Crippen molar-refractivity contribution < 1.29 is 19.4 Å². The van der Waals surface area contributed by atoms with Crippen LogP contribution in [0.1, 0.15) is 24.1 Å². The fourth-order valence-corrected chi connectivity index (χ4v) is 5.37. The molecule has 0 spiro atoms. The van der Waals surface area contributed by atoms with E-state index in [0.29, 0.717) is 34.1 Å². The number of carbonyl (C=O) groups is 2. The first-order chi connectivity index (χ1) is 16.5. The molecule has 4 aromatic rings. The lowest BCUT2D eigenvalue weighted by Gasteiger charge is -2.23. The van der Waals surface area contributed by atoms with Crippen LogP contribution < -0.4 is 9.64 Å². The van der Waals surface area contributed by atoms with Crippen molar-refractivity contribution in [3.8, 4) is 5.75 Å². The molecule has 1 aromatic heterocycles. The number of ketones is 1. The average molecular weight is 582 g/mol. The lowest BCUT2D eigenvalue weighted by atomic mass is 9.95. The molecule has 6 nitrogen and oxygen atoms in total. The summed E-state index contributed by atoms with van der Waals surface area (Å²) in [5.74, 6) is -0.945. The van der Waals surface area contributed by atoms with Gasteiger partial charge in [0.05, 0.1) is 28.4 Å². The number of aromatic nitrogens is 1. The minimum absolute atomic E-state index is 0.0478. The molecule has 34 heavy (non-hydrogen) atoms. The van der Waals surface area contributed by atoms with Crippen molar-refractivity contribution in [3.63, 3.8) is 0 Å². The van der Waals surface area contributed by atoms with Crippen LogP contribution >= 0.6 is 33.9 Å². The summed E-state index contributed by atoms with van der Waals surface area (Å²) in [5, 5.41) is 11.5. The van der Waals surface area contributed by atoms with E-state index in [-0.39, 0.29) is 11.3 Å². The number of fused-ring (bicyclic) bond motifs is 1. The van der Waals surface area contributed by atoms with Crippen LogP contribution in [0, 0.1) is 3.57 Å². The van der Waals surface area contributed by atoms with Crippen molar-refractivity contribution in [1.82, 2.24) is 4.98 Å². The molecule has 170 valence electrons. The standard InChI is InChI=1S/C26H19IN2O4S/c1-2-33-18-12-13-19-20(14-18)34-26(28-19)29-22(15-8-10-17(27)11-9-15)21(24(31)25(29)32)23(30)16-6-4-3-5-7-16/h3-14,22,30H,2H2,1H3. The van der Waals surface area contributed by atoms with Gasteiger partial charge in [0.1, 0.15) is 11.5 Å². The predicted octanol–water partition coefficient (Wildman–Crippen LogP) is 5.93. The molecule has 2 heterocycles. The van der Waals surface area contributed by atoms with Crippen molar-refractivity contribution >= 4 is 66.7 Å². The molecule has 1 unspecified atom stereocenters. The third-order valence-electron chi connectivity index (χ3n) is 5.54. The largest absolute Gasteiger partial charge is 0.507 e. The van der Waals surface area contributed by atoms with Crippen LogP contribution in [-0.4, -0.2) is 28.4 Å². The fraction of sp³-hybridized carbons (Fsp3) is 0.115. The van der Waals surface area contributed by atoms with Gasteiger partial charge < -0.3 is 9.84 Å². The van der Waals surface area contributed by atoms with Crippen LogP contribution in [0.4, 0.5) is 5.13 Å². The summed E-state index contributed by atoms with van der Waals surface area (Å²) in [6.07, 6.45) is 0. The Hall–Kier alpha value is -3.24. The minimum Gasteiger partial charge on any atom is -0.507 e. The maximum absolute atomic E-state index is 13.3. The smallest absolute Gasteiger partial charge is 0.301 e. The highest BCUT2D eigenvalue weighted by Crippen LogP contribution is 2.44. The Morgan fingerprint density at radius 2 is 1.82 bits per heavy atom. The van der Waals surface area contributed by atoms with Crippen molar-refractivity contribution in [1.29, 1.82) is 0 Å². The number of carbonyl (C=O) groups excluding carboxylic acids is 2. The highest BCUT2D eigenvalue weighted by molar-refractivity contribution is 14.1. The summed E-state index contributed by atoms with van der Waals surface area (Å²) >= 11 is 3.51. The number of ether oxygens (including phenoxy) is 1. The Morgan fingerprint density at radius 3 is 2.53 bits per heavy atom. The van der Waals surface area contributed by atoms with Gasteiger partial charge in [0, 0.05) is 9.13 Å². The molecule has 3 aromatic carbocycles. The molecule has 0 radical (unpaired) electrons. The quantitative estimate of drug-likeness (QED) is 0.137. The maximum Gasteiger partial charge on any atom is 0.301 e. The SMILES string of the molecule is CCOc1ccc2nc(N3C(=O)C(=O)C(=C(O)c4ccccc4)C3c3ccc(I)cc3)sc2c1. The molecular weight excluding hydrogens is 563 g/mol. The number of halogens is 1. The number of benzene rings is 3. The number of aliphatic hydroxyl groups is 1. The number of nitrogens with zero attached hydrogens (tertiary/aromatic N) is 2. The molecule has 1 N–H and O–H groups in total. The molecule has 1 fully saturated rings. The molecule has 1 aliphatic heterocycles. The van der Waals surface area contributed by atoms with Gasteiger partial charge in [-0.25, -0.2) is 4.98 Å². The van der Waals surface area contributed by atoms with E-state index in [9.17, 15) is 14.7 Å². The fourth-order valence-electron chi connectivity index (χ4n) is 3.99. The number of aliphatic hydroxyl groups excluding tert-OH is 1. The maximum atomic E-state index is 13.3. The van der Waals surface area contributed by atoms with Crippen LogP contribution in [0.5, 0.6) is 5.75 Å². The molecule has 0 bridgehead atoms. The van der Waals surface area contributed by atoms with Gasteiger partial charge in [-0.3, -0.25) is 14.5 Å². The average Bonchev–Trinajstić information content (AvgIpc) is 3.38. The van der Waals surface area contributed by atoms with Crippen molar-refractivity contribution in [2.24, 2.45) is 0 Å². The Labute approximate surface area is 213 Å². The number of hydrogen-bond acceptors (Lipinski definition) is 6. The second kappa shape index (κ2) is 9.19. The van der Waals surface area contributed by atoms with Gasteiger partial charge in [0.25, 0.3) is 5.78 Å². The topological polar surface area (TPSA) is 79.7 Å². The monoisotopic (exact) mass is 582 g/mol. The number of amides is 1. The molecule has 1 amide bonds. The highest BCUT2D eigenvalue weighted by Gasteiger charge is 2.48. The number of Topliss-reactive ketones (excluding diaryl/α,β-unsaturated/α-hetero) is 1. The summed E-state index contributed by atoms with van der Waals surface area (Å²) in [6.45, 7) is 2.45. The molecule has 1 atom stereocenters. The predicted molar refractivity (Wildman–Crippen MR) is 141 cm³/mol. The molecule has 8 heteroatoms. The number of thiazole rings is 1. The Balaban J connectivity index is 1.69. The summed E-state index contributed by atoms with van der Waals surface area (Å²) in [7, 11) is 0. The first-order valence-electron chi connectivity index (χ1n) is 10.6. The first-order valence-corrected chi connectivity index (χ1v) is 12.5. The van der Waals surface area contributed by atoms with Crippen LogP contribution in [0.25, 0.3) is 16.0 Å². The molecular formula is C26H19IN2O4S. The van der Waals surface area contributed by atoms with Gasteiger partial charge in [0.2, 0.25) is 0 Å². The van der Waals surface area contributed by atoms with E-state index in [2.05, 4.69) is 27.6 Å². The molecule has 0 saturated carbocycles. The Morgan fingerprint density at radius 1 is 1.09 bits per heavy atom. The lowest BCUT2D eigenvalue weighted by molar-refractivity contribution is -0.132. The van der Waals surface area contributed by atoms with Crippen LogP contribution in [0.2, 0.25) is 0 Å². The van der Waals surface area contributed by atoms with Gasteiger partial charge in [-0.1, -0.05) is 53.8 Å². The van der Waals surface area contributed by atoms with Gasteiger partial charge in [-0.2, -0.15) is 0 Å². The normalized spacial score (nSPS) is 17.5. The molecule has 1 saturated heterocycles. The second-order valence-electron chi connectivity index (χ2n) is 7.65. The molecule has 5 rings (SSSR count). The number of rotatable bonds is 5. The van der Waals surface area contributed by atoms with Gasteiger partial charge in [-0.05, 0) is 65.4 Å². The van der Waals surface area contributed by atoms with E-state index in [1.54, 1.807) is 24.3 Å². The van der Waals surface area contributed by atoms with Crippen LogP contribution in [0.3, 0.4) is 0 Å². The zero-order valence-electron chi connectivity index (χ0n) is 18.1. The van der Waals surface area contributed by atoms with E-state index in [1.165, 1.54) is 16.2 Å². The summed E-state index contributed by atoms with van der Waals surface area (Å²) in [5.41, 5.74) is 1.94. The molecule has 1 aliphatic rings.